The fraction of sp³-hybridized carbons (Fsp3) is 0.667. The average molecular weight is 243 g/mol. The number of amides is 1. The largest absolute Gasteiger partial charge is 0.396 e. The number of nitrogens with two attached hydrogens (primary N) is 1. The van der Waals surface area contributed by atoms with E-state index in [9.17, 15) is 4.79 Å². The maximum absolute atomic E-state index is 10.5. The van der Waals surface area contributed by atoms with E-state index in [1.807, 2.05) is 0 Å². The van der Waals surface area contributed by atoms with E-state index in [0.29, 0.717) is 25.2 Å². The molecule has 0 fully saturated rings. The van der Waals surface area contributed by atoms with E-state index in [1.54, 1.807) is 10.9 Å². The van der Waals surface area contributed by atoms with Gasteiger partial charge in [-0.15, -0.1) is 5.10 Å². The zero-order valence-electron chi connectivity index (χ0n) is 9.41. The number of aliphatic hydroxyl groups excluding tert-OH is 2. The summed E-state index contributed by atoms with van der Waals surface area (Å²) in [7, 11) is 0. The molecule has 1 aromatic rings. The Kier molecular flexibility index (Phi) is 5.53. The van der Waals surface area contributed by atoms with Gasteiger partial charge in [-0.25, -0.2) is 0 Å². The molecule has 8 heteroatoms. The predicted octanol–water partition coefficient (Wildman–Crippen LogP) is -2.40. The van der Waals surface area contributed by atoms with E-state index in [-0.39, 0.29) is 13.2 Å². The monoisotopic (exact) mass is 243 g/mol. The summed E-state index contributed by atoms with van der Waals surface area (Å²) in [5.41, 5.74) is 5.58. The van der Waals surface area contributed by atoms with E-state index < -0.39 is 12.0 Å². The Labute approximate surface area is 98.4 Å². The topological polar surface area (TPSA) is 126 Å². The van der Waals surface area contributed by atoms with E-state index in [1.165, 1.54) is 0 Å². The van der Waals surface area contributed by atoms with Gasteiger partial charge in [0, 0.05) is 32.4 Å². The third kappa shape index (κ3) is 4.89. The van der Waals surface area contributed by atoms with Gasteiger partial charge >= 0.3 is 0 Å². The molecule has 17 heavy (non-hydrogen) atoms. The molecule has 0 radical (unpaired) electrons. The van der Waals surface area contributed by atoms with Crippen LogP contribution in [0.2, 0.25) is 0 Å². The van der Waals surface area contributed by atoms with Crippen molar-refractivity contribution in [2.45, 2.75) is 25.6 Å². The van der Waals surface area contributed by atoms with Gasteiger partial charge < -0.3 is 21.3 Å². The van der Waals surface area contributed by atoms with Crippen LogP contribution in [0.25, 0.3) is 0 Å². The van der Waals surface area contributed by atoms with Crippen LogP contribution in [0.1, 0.15) is 12.1 Å². The highest BCUT2D eigenvalue weighted by Crippen LogP contribution is 1.94. The summed E-state index contributed by atoms with van der Waals surface area (Å²) in [5.74, 6) is -0.760. The summed E-state index contributed by atoms with van der Waals surface area (Å²) in [4.78, 5) is 10.5. The van der Waals surface area contributed by atoms with Crippen LogP contribution in [0, 0.1) is 0 Å². The van der Waals surface area contributed by atoms with E-state index in [4.69, 9.17) is 15.9 Å². The van der Waals surface area contributed by atoms with Gasteiger partial charge in [0.2, 0.25) is 5.91 Å². The normalized spacial score (nSPS) is 12.6. The molecule has 1 amide bonds. The lowest BCUT2D eigenvalue weighted by atomic mass is 10.3. The van der Waals surface area contributed by atoms with Gasteiger partial charge in [0.05, 0.1) is 5.69 Å². The van der Waals surface area contributed by atoms with Crippen LogP contribution in [-0.2, 0) is 17.9 Å². The van der Waals surface area contributed by atoms with Crippen LogP contribution in [0.5, 0.6) is 0 Å². The molecule has 0 aliphatic carbocycles. The van der Waals surface area contributed by atoms with Crippen molar-refractivity contribution in [1.29, 1.82) is 0 Å². The Morgan fingerprint density at radius 2 is 2.41 bits per heavy atom. The quantitative estimate of drug-likeness (QED) is 0.403. The van der Waals surface area contributed by atoms with Gasteiger partial charge in [-0.05, 0) is 6.42 Å². The maximum atomic E-state index is 10.5. The maximum Gasteiger partial charge on any atom is 0.247 e. The molecule has 1 rings (SSSR count). The number of carbonyl (C=O) groups excluding carboxylic acids is 1. The lowest BCUT2D eigenvalue weighted by Crippen LogP contribution is -2.37. The summed E-state index contributed by atoms with van der Waals surface area (Å²) < 4.78 is 1.62. The number of rotatable bonds is 8. The number of aromatic nitrogens is 3. The minimum absolute atomic E-state index is 0.0822. The molecule has 1 unspecified atom stereocenters. The van der Waals surface area contributed by atoms with E-state index >= 15 is 0 Å². The van der Waals surface area contributed by atoms with Gasteiger partial charge in [-0.3, -0.25) is 9.48 Å². The molecular weight excluding hydrogens is 226 g/mol. The predicted molar refractivity (Wildman–Crippen MR) is 58.6 cm³/mol. The Morgan fingerprint density at radius 1 is 1.65 bits per heavy atom. The smallest absolute Gasteiger partial charge is 0.247 e. The van der Waals surface area contributed by atoms with Crippen molar-refractivity contribution in [3.05, 3.63) is 11.9 Å². The van der Waals surface area contributed by atoms with Crippen LogP contribution < -0.4 is 11.1 Å². The second kappa shape index (κ2) is 6.94. The highest BCUT2D eigenvalue weighted by Gasteiger charge is 2.09. The Balaban J connectivity index is 2.27. The molecule has 1 heterocycles. The zero-order valence-corrected chi connectivity index (χ0v) is 9.41. The zero-order chi connectivity index (χ0) is 12.7. The number of carbonyl (C=O) groups is 1. The first-order chi connectivity index (χ1) is 8.13. The van der Waals surface area contributed by atoms with Gasteiger partial charge in [0.15, 0.2) is 0 Å². The fourth-order valence-electron chi connectivity index (χ4n) is 1.20. The summed E-state index contributed by atoms with van der Waals surface area (Å²) in [5, 5.41) is 28.3. The van der Waals surface area contributed by atoms with E-state index in [2.05, 4.69) is 15.6 Å². The molecule has 1 atom stereocenters. The fourth-order valence-corrected chi connectivity index (χ4v) is 1.20. The molecule has 0 aliphatic heterocycles. The van der Waals surface area contributed by atoms with Crippen molar-refractivity contribution < 1.29 is 15.0 Å². The number of primary amides is 1. The standard InChI is InChI=1S/C9H17N5O3/c10-9(17)8(16)5-11-4-7-6-14(13-12-7)2-1-3-15/h6,8,11,15-16H,1-5H2,(H2,10,17). The lowest BCUT2D eigenvalue weighted by Gasteiger charge is -2.06. The minimum atomic E-state index is -1.19. The van der Waals surface area contributed by atoms with Crippen LogP contribution in [0.15, 0.2) is 6.20 Å². The molecule has 5 N–H and O–H groups in total. The third-order valence-electron chi connectivity index (χ3n) is 2.10. The molecular formula is C9H17N5O3. The van der Waals surface area contributed by atoms with Crippen molar-refractivity contribution >= 4 is 5.91 Å². The number of aryl methyl sites for hydroxylation is 1. The molecule has 0 aromatic carbocycles. The number of nitrogens with one attached hydrogen (secondary N) is 1. The second-order valence-corrected chi connectivity index (χ2v) is 3.60. The minimum Gasteiger partial charge on any atom is -0.396 e. The third-order valence-corrected chi connectivity index (χ3v) is 2.10. The second-order valence-electron chi connectivity index (χ2n) is 3.60. The van der Waals surface area contributed by atoms with Crippen LogP contribution in [0.4, 0.5) is 0 Å². The summed E-state index contributed by atoms with van der Waals surface area (Å²) in [6.45, 7) is 1.19. The average Bonchev–Trinajstić information content (AvgIpc) is 2.74. The lowest BCUT2D eigenvalue weighted by molar-refractivity contribution is -0.125. The van der Waals surface area contributed by atoms with E-state index in [0.717, 1.165) is 0 Å². The summed E-state index contributed by atoms with van der Waals surface area (Å²) in [6.07, 6.45) is 1.16. The summed E-state index contributed by atoms with van der Waals surface area (Å²) >= 11 is 0. The highest BCUT2D eigenvalue weighted by molar-refractivity contribution is 5.78. The Hall–Kier alpha value is -1.51. The molecule has 0 saturated carbocycles. The van der Waals surface area contributed by atoms with Crippen LogP contribution in [-0.4, -0.2) is 50.4 Å². The highest BCUT2D eigenvalue weighted by atomic mass is 16.3. The van der Waals surface area contributed by atoms with Crippen molar-refractivity contribution in [2.75, 3.05) is 13.2 Å². The van der Waals surface area contributed by atoms with Gasteiger partial charge in [0.25, 0.3) is 0 Å². The molecule has 0 spiro atoms. The van der Waals surface area contributed by atoms with Crippen molar-refractivity contribution in [1.82, 2.24) is 20.3 Å². The molecule has 1 aromatic heterocycles. The number of aliphatic hydroxyl groups is 2. The van der Waals surface area contributed by atoms with Crippen molar-refractivity contribution in [3.8, 4) is 0 Å². The molecule has 0 bridgehead atoms. The molecule has 0 saturated heterocycles. The van der Waals surface area contributed by atoms with Crippen LogP contribution in [0.3, 0.4) is 0 Å². The van der Waals surface area contributed by atoms with Gasteiger partial charge in [-0.2, -0.15) is 0 Å². The first-order valence-corrected chi connectivity index (χ1v) is 5.31. The van der Waals surface area contributed by atoms with Gasteiger partial charge in [0.1, 0.15) is 6.10 Å². The Morgan fingerprint density at radius 3 is 3.06 bits per heavy atom. The van der Waals surface area contributed by atoms with Crippen molar-refractivity contribution in [3.63, 3.8) is 0 Å². The first-order valence-electron chi connectivity index (χ1n) is 5.31. The molecule has 0 aliphatic rings. The first kappa shape index (κ1) is 13.6. The SMILES string of the molecule is NC(=O)C(O)CNCc1cn(CCCO)nn1. The number of hydrogen-bond donors (Lipinski definition) is 4. The van der Waals surface area contributed by atoms with Crippen molar-refractivity contribution in [2.24, 2.45) is 5.73 Å². The van der Waals surface area contributed by atoms with Crippen LogP contribution >= 0.6 is 0 Å². The number of hydrogen-bond acceptors (Lipinski definition) is 6. The summed E-state index contributed by atoms with van der Waals surface area (Å²) in [6, 6.07) is 0. The number of nitrogens with zero attached hydrogens (tertiary/aromatic N) is 3. The Bertz CT molecular complexity index is 354. The van der Waals surface area contributed by atoms with Gasteiger partial charge in [-0.1, -0.05) is 5.21 Å². The molecule has 96 valence electrons. The molecule has 8 nitrogen and oxygen atoms in total.